The van der Waals surface area contributed by atoms with Gasteiger partial charge in [-0.3, -0.25) is 11.3 Å². The largest absolute Gasteiger partial charge is 0.271 e. The van der Waals surface area contributed by atoms with Crippen molar-refractivity contribution < 1.29 is 4.39 Å². The molecule has 0 aromatic heterocycles. The van der Waals surface area contributed by atoms with Crippen LogP contribution in [0.25, 0.3) is 0 Å². The summed E-state index contributed by atoms with van der Waals surface area (Å²) in [6.07, 6.45) is 0.410. The van der Waals surface area contributed by atoms with E-state index in [2.05, 4.69) is 21.4 Å². The third-order valence-electron chi connectivity index (χ3n) is 2.99. The quantitative estimate of drug-likeness (QED) is 0.601. The molecule has 0 saturated carbocycles. The molecule has 2 nitrogen and oxygen atoms in total. The SMILES string of the molecule is NNC(Cc1ccc(Br)cc1F)c1ccc(Cl)c(Cl)c1. The Morgan fingerprint density at radius 2 is 1.90 bits per heavy atom. The van der Waals surface area contributed by atoms with E-state index in [1.165, 1.54) is 6.07 Å². The zero-order chi connectivity index (χ0) is 14.7. The van der Waals surface area contributed by atoms with Gasteiger partial charge in [-0.25, -0.2) is 4.39 Å². The Morgan fingerprint density at radius 3 is 2.50 bits per heavy atom. The Balaban J connectivity index is 2.26. The molecule has 1 atom stereocenters. The molecule has 0 aliphatic carbocycles. The van der Waals surface area contributed by atoms with Crippen LogP contribution in [0.5, 0.6) is 0 Å². The second-order valence-electron chi connectivity index (χ2n) is 4.33. The zero-order valence-corrected chi connectivity index (χ0v) is 13.4. The minimum atomic E-state index is -0.278. The number of rotatable bonds is 4. The fourth-order valence-electron chi connectivity index (χ4n) is 1.91. The van der Waals surface area contributed by atoms with E-state index in [-0.39, 0.29) is 11.9 Å². The molecule has 20 heavy (non-hydrogen) atoms. The molecule has 1 unspecified atom stereocenters. The summed E-state index contributed by atoms with van der Waals surface area (Å²) in [6, 6.07) is 9.93. The number of hydrazine groups is 1. The minimum absolute atomic E-state index is 0.250. The zero-order valence-electron chi connectivity index (χ0n) is 10.3. The summed E-state index contributed by atoms with van der Waals surface area (Å²) in [4.78, 5) is 0. The molecule has 0 spiro atoms. The number of hydrogen-bond acceptors (Lipinski definition) is 2. The van der Waals surface area contributed by atoms with E-state index in [1.54, 1.807) is 24.3 Å². The number of halogens is 4. The molecular weight excluding hydrogens is 366 g/mol. The van der Waals surface area contributed by atoms with Gasteiger partial charge in [-0.15, -0.1) is 0 Å². The molecule has 0 aliphatic heterocycles. The van der Waals surface area contributed by atoms with Gasteiger partial charge in [0.25, 0.3) is 0 Å². The monoisotopic (exact) mass is 376 g/mol. The Hall–Kier alpha value is -0.650. The van der Waals surface area contributed by atoms with Gasteiger partial charge in [-0.2, -0.15) is 0 Å². The van der Waals surface area contributed by atoms with Crippen LogP contribution in [0.3, 0.4) is 0 Å². The maximum absolute atomic E-state index is 13.9. The van der Waals surface area contributed by atoms with Gasteiger partial charge in [-0.1, -0.05) is 51.3 Å². The fourth-order valence-corrected chi connectivity index (χ4v) is 2.55. The van der Waals surface area contributed by atoms with Gasteiger partial charge >= 0.3 is 0 Å². The first kappa shape index (κ1) is 15.7. The smallest absolute Gasteiger partial charge is 0.127 e. The molecule has 0 radical (unpaired) electrons. The van der Waals surface area contributed by atoms with Crippen LogP contribution in [-0.2, 0) is 6.42 Å². The molecule has 2 aromatic carbocycles. The van der Waals surface area contributed by atoms with Crippen LogP contribution >= 0.6 is 39.1 Å². The van der Waals surface area contributed by atoms with Crippen molar-refractivity contribution in [3.05, 3.63) is 67.9 Å². The lowest BCUT2D eigenvalue weighted by molar-refractivity contribution is 0.529. The van der Waals surface area contributed by atoms with Crippen LogP contribution < -0.4 is 11.3 Å². The van der Waals surface area contributed by atoms with E-state index in [4.69, 9.17) is 29.0 Å². The molecule has 0 aliphatic rings. The van der Waals surface area contributed by atoms with Crippen molar-refractivity contribution in [3.63, 3.8) is 0 Å². The van der Waals surface area contributed by atoms with Crippen molar-refractivity contribution in [3.8, 4) is 0 Å². The van der Waals surface area contributed by atoms with E-state index < -0.39 is 0 Å². The predicted octanol–water partition coefficient (Wildman–Crippen LogP) is 4.64. The normalized spacial score (nSPS) is 12.4. The molecule has 0 saturated heterocycles. The number of benzene rings is 2. The highest BCUT2D eigenvalue weighted by Crippen LogP contribution is 2.28. The van der Waals surface area contributed by atoms with Gasteiger partial charge in [0.15, 0.2) is 0 Å². The Morgan fingerprint density at radius 1 is 1.15 bits per heavy atom. The third-order valence-corrected chi connectivity index (χ3v) is 4.22. The average molecular weight is 378 g/mol. The van der Waals surface area contributed by atoms with E-state index in [0.29, 0.717) is 26.5 Å². The topological polar surface area (TPSA) is 38.0 Å². The Bertz CT molecular complexity index is 622. The molecule has 0 heterocycles. The molecule has 0 bridgehead atoms. The van der Waals surface area contributed by atoms with Crippen LogP contribution in [0.4, 0.5) is 4.39 Å². The maximum Gasteiger partial charge on any atom is 0.127 e. The van der Waals surface area contributed by atoms with Crippen molar-refractivity contribution in [2.45, 2.75) is 12.5 Å². The number of hydrogen-bond donors (Lipinski definition) is 2. The first-order valence-electron chi connectivity index (χ1n) is 5.86. The Kier molecular flexibility index (Phi) is 5.41. The van der Waals surface area contributed by atoms with Crippen molar-refractivity contribution >= 4 is 39.1 Å². The molecule has 106 valence electrons. The third kappa shape index (κ3) is 3.71. The van der Waals surface area contributed by atoms with Crippen molar-refractivity contribution in [2.24, 2.45) is 5.84 Å². The van der Waals surface area contributed by atoms with E-state index >= 15 is 0 Å². The lowest BCUT2D eigenvalue weighted by Crippen LogP contribution is -2.29. The summed E-state index contributed by atoms with van der Waals surface area (Å²) in [5.41, 5.74) is 4.10. The van der Waals surface area contributed by atoms with Gasteiger partial charge < -0.3 is 0 Å². The standard InChI is InChI=1S/C14H12BrCl2FN2/c15-10-3-1-8(13(18)7-10)6-14(20-19)9-2-4-11(16)12(17)5-9/h1-5,7,14,20H,6,19H2. The average Bonchev–Trinajstić information content (AvgIpc) is 2.41. The summed E-state index contributed by atoms with van der Waals surface area (Å²) in [6.45, 7) is 0. The van der Waals surface area contributed by atoms with Crippen LogP contribution in [0, 0.1) is 5.82 Å². The molecule has 0 fully saturated rings. The minimum Gasteiger partial charge on any atom is -0.271 e. The molecule has 3 N–H and O–H groups in total. The van der Waals surface area contributed by atoms with Gasteiger partial charge in [0.2, 0.25) is 0 Å². The van der Waals surface area contributed by atoms with Crippen LogP contribution in [0.2, 0.25) is 10.0 Å². The lowest BCUT2D eigenvalue weighted by atomic mass is 9.99. The Labute approximate surface area is 135 Å². The van der Waals surface area contributed by atoms with Gasteiger partial charge in [0, 0.05) is 4.47 Å². The highest BCUT2D eigenvalue weighted by Gasteiger charge is 2.14. The highest BCUT2D eigenvalue weighted by atomic mass is 79.9. The molecule has 2 rings (SSSR count). The van der Waals surface area contributed by atoms with Crippen molar-refractivity contribution in [1.82, 2.24) is 5.43 Å². The van der Waals surface area contributed by atoms with Crippen LogP contribution in [0.1, 0.15) is 17.2 Å². The molecule has 6 heteroatoms. The molecule has 0 amide bonds. The molecular formula is C14H12BrCl2FN2. The summed E-state index contributed by atoms with van der Waals surface area (Å²) in [5.74, 6) is 5.28. The first-order valence-corrected chi connectivity index (χ1v) is 7.41. The highest BCUT2D eigenvalue weighted by molar-refractivity contribution is 9.10. The summed E-state index contributed by atoms with van der Waals surface area (Å²) in [5, 5.41) is 0.918. The van der Waals surface area contributed by atoms with Gasteiger partial charge in [0.05, 0.1) is 16.1 Å². The summed E-state index contributed by atoms with van der Waals surface area (Å²) in [7, 11) is 0. The summed E-state index contributed by atoms with van der Waals surface area (Å²) < 4.78 is 14.6. The van der Waals surface area contributed by atoms with E-state index in [1.807, 2.05) is 6.07 Å². The van der Waals surface area contributed by atoms with E-state index in [0.717, 1.165) is 5.56 Å². The first-order chi connectivity index (χ1) is 9.51. The fraction of sp³-hybridized carbons (Fsp3) is 0.143. The maximum atomic E-state index is 13.9. The van der Waals surface area contributed by atoms with Crippen LogP contribution in [0.15, 0.2) is 40.9 Å². The summed E-state index contributed by atoms with van der Waals surface area (Å²) >= 11 is 15.1. The van der Waals surface area contributed by atoms with Gasteiger partial charge in [0.1, 0.15) is 5.82 Å². The van der Waals surface area contributed by atoms with Gasteiger partial charge in [-0.05, 0) is 41.8 Å². The van der Waals surface area contributed by atoms with Crippen LogP contribution in [-0.4, -0.2) is 0 Å². The molecule has 2 aromatic rings. The predicted molar refractivity (Wildman–Crippen MR) is 84.3 cm³/mol. The lowest BCUT2D eigenvalue weighted by Gasteiger charge is -2.17. The second kappa shape index (κ2) is 6.87. The number of nitrogens with two attached hydrogens (primary N) is 1. The van der Waals surface area contributed by atoms with E-state index in [9.17, 15) is 4.39 Å². The van der Waals surface area contributed by atoms with Crippen molar-refractivity contribution in [1.29, 1.82) is 0 Å². The second-order valence-corrected chi connectivity index (χ2v) is 6.06. The number of nitrogens with one attached hydrogen (secondary N) is 1. The van der Waals surface area contributed by atoms with Crippen molar-refractivity contribution in [2.75, 3.05) is 0 Å².